The Labute approximate surface area is 142 Å². The summed E-state index contributed by atoms with van der Waals surface area (Å²) in [5, 5.41) is 3.63. The molecule has 4 rings (SSSR count). The van der Waals surface area contributed by atoms with E-state index in [-0.39, 0.29) is 17.5 Å². The molecular formula is C16H17N5O2S. The van der Waals surface area contributed by atoms with Gasteiger partial charge in [0.1, 0.15) is 10.7 Å². The predicted octanol–water partition coefficient (Wildman–Crippen LogP) is 1.24. The van der Waals surface area contributed by atoms with E-state index < -0.39 is 0 Å². The Hall–Kier alpha value is -2.48. The Kier molecular flexibility index (Phi) is 3.49. The van der Waals surface area contributed by atoms with Crippen LogP contribution in [0.5, 0.6) is 0 Å². The van der Waals surface area contributed by atoms with Crippen molar-refractivity contribution in [3.05, 3.63) is 45.3 Å². The van der Waals surface area contributed by atoms with Crippen LogP contribution in [0.3, 0.4) is 0 Å². The van der Waals surface area contributed by atoms with Crippen LogP contribution >= 0.6 is 11.3 Å². The van der Waals surface area contributed by atoms with E-state index >= 15 is 0 Å². The lowest BCUT2D eigenvalue weighted by Gasteiger charge is -2.24. The summed E-state index contributed by atoms with van der Waals surface area (Å²) >= 11 is 1.28. The van der Waals surface area contributed by atoms with Crippen LogP contribution in [0.15, 0.2) is 23.5 Å². The Morgan fingerprint density at radius 2 is 2.25 bits per heavy atom. The van der Waals surface area contributed by atoms with Crippen LogP contribution < -0.4 is 10.9 Å². The number of imidazole rings is 1. The summed E-state index contributed by atoms with van der Waals surface area (Å²) < 4.78 is 3.51. The van der Waals surface area contributed by atoms with E-state index in [0.717, 1.165) is 25.2 Å². The monoisotopic (exact) mass is 343 g/mol. The van der Waals surface area contributed by atoms with E-state index in [0.29, 0.717) is 20.7 Å². The number of carbonyl (C=O) groups is 1. The molecule has 0 unspecified atom stereocenters. The molecule has 0 fully saturated rings. The molecule has 1 amide bonds. The van der Waals surface area contributed by atoms with Crippen molar-refractivity contribution in [2.75, 3.05) is 0 Å². The van der Waals surface area contributed by atoms with Crippen LogP contribution in [0.4, 0.5) is 0 Å². The quantitative estimate of drug-likeness (QED) is 0.759. The number of carbonyl (C=O) groups excluding carboxylic acids is 1. The third kappa shape index (κ3) is 2.34. The predicted molar refractivity (Wildman–Crippen MR) is 91.4 cm³/mol. The first-order valence-corrected chi connectivity index (χ1v) is 8.62. The Morgan fingerprint density at radius 1 is 1.42 bits per heavy atom. The van der Waals surface area contributed by atoms with Gasteiger partial charge in [0.15, 0.2) is 0 Å². The van der Waals surface area contributed by atoms with Gasteiger partial charge in [-0.2, -0.15) is 0 Å². The van der Waals surface area contributed by atoms with Gasteiger partial charge < -0.3 is 14.5 Å². The summed E-state index contributed by atoms with van der Waals surface area (Å²) in [6, 6.07) is 0.0691. The Balaban J connectivity index is 1.61. The van der Waals surface area contributed by atoms with Crippen molar-refractivity contribution in [1.82, 2.24) is 24.4 Å². The van der Waals surface area contributed by atoms with Crippen molar-refractivity contribution in [2.24, 2.45) is 7.05 Å². The molecule has 0 saturated heterocycles. The van der Waals surface area contributed by atoms with Gasteiger partial charge in [-0.05, 0) is 18.9 Å². The first-order valence-electron chi connectivity index (χ1n) is 7.80. The maximum atomic E-state index is 12.7. The zero-order valence-electron chi connectivity index (χ0n) is 13.4. The van der Waals surface area contributed by atoms with Gasteiger partial charge in [0.25, 0.3) is 11.5 Å². The van der Waals surface area contributed by atoms with Crippen LogP contribution in [-0.2, 0) is 20.0 Å². The van der Waals surface area contributed by atoms with Gasteiger partial charge in [0.05, 0.1) is 16.6 Å². The second kappa shape index (κ2) is 5.55. The molecule has 0 aromatic carbocycles. The SMILES string of the molecule is Cc1c(C(=O)N[C@@H]2CCc3nccn3C2)sc2ncn(C)c(=O)c12. The number of thiophene rings is 1. The van der Waals surface area contributed by atoms with E-state index in [2.05, 4.69) is 19.9 Å². The molecule has 124 valence electrons. The zero-order valence-corrected chi connectivity index (χ0v) is 14.3. The van der Waals surface area contributed by atoms with Gasteiger partial charge in [-0.25, -0.2) is 9.97 Å². The summed E-state index contributed by atoms with van der Waals surface area (Å²) in [6.07, 6.45) is 6.94. The maximum absolute atomic E-state index is 12.7. The molecule has 3 aromatic heterocycles. The number of fused-ring (bicyclic) bond motifs is 2. The molecule has 24 heavy (non-hydrogen) atoms. The molecule has 3 aromatic rings. The molecule has 7 nitrogen and oxygen atoms in total. The van der Waals surface area contributed by atoms with Crippen molar-refractivity contribution >= 4 is 27.5 Å². The number of hydrogen-bond donors (Lipinski definition) is 1. The molecule has 1 atom stereocenters. The van der Waals surface area contributed by atoms with Crippen LogP contribution in [-0.4, -0.2) is 31.1 Å². The van der Waals surface area contributed by atoms with Crippen LogP contribution in [0.1, 0.15) is 27.5 Å². The second-order valence-electron chi connectivity index (χ2n) is 6.10. The minimum Gasteiger partial charge on any atom is -0.347 e. The fourth-order valence-electron chi connectivity index (χ4n) is 3.16. The minimum absolute atomic E-state index is 0.0691. The van der Waals surface area contributed by atoms with Crippen LogP contribution in [0, 0.1) is 6.92 Å². The second-order valence-corrected chi connectivity index (χ2v) is 7.10. The van der Waals surface area contributed by atoms with Crippen molar-refractivity contribution in [2.45, 2.75) is 32.4 Å². The van der Waals surface area contributed by atoms with Crippen molar-refractivity contribution in [3.8, 4) is 0 Å². The average Bonchev–Trinajstić information content (AvgIpc) is 3.15. The van der Waals surface area contributed by atoms with Gasteiger partial charge in [0, 0.05) is 38.4 Å². The summed E-state index contributed by atoms with van der Waals surface area (Å²) in [5.41, 5.74) is 0.592. The van der Waals surface area contributed by atoms with Gasteiger partial charge in [-0.1, -0.05) is 0 Å². The van der Waals surface area contributed by atoms with Gasteiger partial charge in [-0.3, -0.25) is 9.59 Å². The number of amides is 1. The molecule has 0 aliphatic carbocycles. The molecule has 8 heteroatoms. The van der Waals surface area contributed by atoms with Gasteiger partial charge in [0.2, 0.25) is 0 Å². The smallest absolute Gasteiger partial charge is 0.262 e. The lowest BCUT2D eigenvalue weighted by Crippen LogP contribution is -2.40. The fraction of sp³-hybridized carbons (Fsp3) is 0.375. The highest BCUT2D eigenvalue weighted by Crippen LogP contribution is 2.27. The third-order valence-corrected chi connectivity index (χ3v) is 5.69. The number of rotatable bonds is 2. The van der Waals surface area contributed by atoms with Crippen LogP contribution in [0.25, 0.3) is 10.2 Å². The Bertz CT molecular complexity index is 1000. The molecule has 1 N–H and O–H groups in total. The fourth-order valence-corrected chi connectivity index (χ4v) is 4.20. The van der Waals surface area contributed by atoms with Crippen LogP contribution in [0.2, 0.25) is 0 Å². The largest absolute Gasteiger partial charge is 0.347 e. The average molecular weight is 343 g/mol. The van der Waals surface area contributed by atoms with E-state index in [9.17, 15) is 9.59 Å². The van der Waals surface area contributed by atoms with E-state index in [1.807, 2.05) is 13.1 Å². The normalized spacial score (nSPS) is 17.0. The highest BCUT2D eigenvalue weighted by atomic mass is 32.1. The van der Waals surface area contributed by atoms with Gasteiger partial charge >= 0.3 is 0 Å². The summed E-state index contributed by atoms with van der Waals surface area (Å²) in [4.78, 5) is 34.7. The summed E-state index contributed by atoms with van der Waals surface area (Å²) in [6.45, 7) is 2.54. The summed E-state index contributed by atoms with van der Waals surface area (Å²) in [7, 11) is 1.66. The molecule has 0 saturated carbocycles. The Morgan fingerprint density at radius 3 is 3.08 bits per heavy atom. The zero-order chi connectivity index (χ0) is 16.8. The van der Waals surface area contributed by atoms with Gasteiger partial charge in [-0.15, -0.1) is 11.3 Å². The summed E-state index contributed by atoms with van der Waals surface area (Å²) in [5.74, 6) is 0.928. The number of nitrogens with one attached hydrogen (secondary N) is 1. The van der Waals surface area contributed by atoms with Crippen molar-refractivity contribution in [3.63, 3.8) is 0 Å². The number of hydrogen-bond acceptors (Lipinski definition) is 5. The molecule has 0 radical (unpaired) electrons. The number of nitrogens with zero attached hydrogens (tertiary/aromatic N) is 4. The lowest BCUT2D eigenvalue weighted by molar-refractivity contribution is 0.0931. The molecule has 1 aliphatic rings. The highest BCUT2D eigenvalue weighted by molar-refractivity contribution is 7.20. The number of aryl methyl sites for hydroxylation is 3. The van der Waals surface area contributed by atoms with Crippen molar-refractivity contribution in [1.29, 1.82) is 0 Å². The standard InChI is InChI=1S/C16H17N5O2S/c1-9-12-15(18-8-20(2)16(12)23)24-13(9)14(22)19-10-3-4-11-17-5-6-21(11)7-10/h5-6,8,10H,3-4,7H2,1-2H3,(H,19,22)/t10-/m1/s1. The van der Waals surface area contributed by atoms with Crippen molar-refractivity contribution < 1.29 is 4.79 Å². The lowest BCUT2D eigenvalue weighted by atomic mass is 10.1. The van der Waals surface area contributed by atoms with E-state index in [1.165, 1.54) is 22.2 Å². The highest BCUT2D eigenvalue weighted by Gasteiger charge is 2.24. The molecule has 1 aliphatic heterocycles. The molecule has 0 bridgehead atoms. The molecular weight excluding hydrogens is 326 g/mol. The first kappa shape index (κ1) is 15.1. The molecule has 4 heterocycles. The van der Waals surface area contributed by atoms with E-state index in [4.69, 9.17) is 0 Å². The third-order valence-electron chi connectivity index (χ3n) is 4.49. The minimum atomic E-state index is -0.133. The van der Waals surface area contributed by atoms with E-state index in [1.54, 1.807) is 13.2 Å². The topological polar surface area (TPSA) is 81.8 Å². The first-order chi connectivity index (χ1) is 11.5. The molecule has 0 spiro atoms. The number of aromatic nitrogens is 4. The maximum Gasteiger partial charge on any atom is 0.262 e.